The first kappa shape index (κ1) is 11.9. The molecule has 2 atom stereocenters. The third-order valence-corrected chi connectivity index (χ3v) is 1.88. The Bertz CT molecular complexity index is 456. The molecule has 0 aliphatic rings. The van der Waals surface area contributed by atoms with Crippen LogP contribution in [0.4, 0.5) is 4.39 Å². The lowest BCUT2D eigenvalue weighted by Gasteiger charge is -2.11. The van der Waals surface area contributed by atoms with E-state index in [0.717, 1.165) is 0 Å². The van der Waals surface area contributed by atoms with Crippen LogP contribution in [0.25, 0.3) is 0 Å². The molecule has 76 valence electrons. The van der Waals surface area contributed by atoms with Crippen molar-refractivity contribution in [3.63, 3.8) is 0 Å². The van der Waals surface area contributed by atoms with Crippen molar-refractivity contribution in [1.82, 2.24) is 15.0 Å². The number of rotatable bonds is 2. The maximum Gasteiger partial charge on any atom is 0.235 e. The average molecular weight is 241 g/mol. The summed E-state index contributed by atoms with van der Waals surface area (Å²) in [6.07, 6.45) is -0.0877. The number of aromatic nitrogens is 3. The average Bonchev–Trinajstić information content (AvgIpc) is 2.16. The second kappa shape index (κ2) is 4.53. The lowest BCUT2D eigenvalue weighted by molar-refractivity contribution is 0.401. The highest BCUT2D eigenvalue weighted by molar-refractivity contribution is 7.38. The van der Waals surface area contributed by atoms with Gasteiger partial charge >= 0.3 is 0 Å². The Hall–Kier alpha value is -1.22. The summed E-state index contributed by atoms with van der Waals surface area (Å²) < 4.78 is 13.4. The summed E-state index contributed by atoms with van der Waals surface area (Å²) in [5, 5.41) is 15.1. The van der Waals surface area contributed by atoms with Crippen LogP contribution in [0.3, 0.4) is 0 Å². The quantitative estimate of drug-likeness (QED) is 0.709. The molecule has 2 unspecified atom stereocenters. The molecule has 5 nitrogen and oxygen atoms in total. The van der Waals surface area contributed by atoms with Crippen molar-refractivity contribution in [1.29, 1.82) is 10.5 Å². The Morgan fingerprint density at radius 3 is 2.40 bits per heavy atom. The summed E-state index contributed by atoms with van der Waals surface area (Å²) >= 11 is 0. The Morgan fingerprint density at radius 1 is 1.27 bits per heavy atom. The van der Waals surface area contributed by atoms with Gasteiger partial charge in [0.25, 0.3) is 0 Å². The van der Waals surface area contributed by atoms with Crippen LogP contribution in [0.5, 0.6) is 0 Å². The van der Waals surface area contributed by atoms with Crippen LogP contribution in [0.2, 0.25) is 0 Å². The van der Waals surface area contributed by atoms with E-state index in [0.29, 0.717) is 0 Å². The van der Waals surface area contributed by atoms with Crippen LogP contribution in [0.1, 0.15) is 17.5 Å². The Balaban J connectivity index is 3.26. The highest BCUT2D eigenvalue weighted by atomic mass is 31.1. The molecule has 1 rings (SSSR count). The highest BCUT2D eigenvalue weighted by Crippen LogP contribution is 2.37. The fourth-order valence-electron chi connectivity index (χ4n) is 0.791. The molecular formula is C7H6FN5P2. The van der Waals surface area contributed by atoms with Gasteiger partial charge in [0.15, 0.2) is 11.0 Å². The molecule has 0 saturated heterocycles. The van der Waals surface area contributed by atoms with Crippen LogP contribution in [-0.4, -0.2) is 15.0 Å². The molecule has 1 heterocycles. The maximum absolute atomic E-state index is 13.4. The third kappa shape index (κ3) is 3.13. The molecule has 0 radical (unpaired) electrons. The standard InChI is InChI=1S/C7H6FN5P2/c8-7(14,15)6-12-4(1-2-9)11-5(3-10)13-6/h1,14-15H2. The van der Waals surface area contributed by atoms with E-state index in [1.165, 1.54) is 0 Å². The smallest absolute Gasteiger partial charge is 0.226 e. The molecule has 0 aliphatic heterocycles. The van der Waals surface area contributed by atoms with Crippen LogP contribution >= 0.6 is 18.5 Å². The van der Waals surface area contributed by atoms with E-state index in [-0.39, 0.29) is 23.9 Å². The number of hydrogen-bond donors (Lipinski definition) is 0. The zero-order valence-electron chi connectivity index (χ0n) is 7.48. The predicted molar refractivity (Wildman–Crippen MR) is 56.1 cm³/mol. The molecule has 0 aromatic carbocycles. The zero-order valence-corrected chi connectivity index (χ0v) is 9.79. The summed E-state index contributed by atoms with van der Waals surface area (Å²) in [4.78, 5) is 11.0. The summed E-state index contributed by atoms with van der Waals surface area (Å²) in [5.74, 6) is -0.308. The van der Waals surface area contributed by atoms with Gasteiger partial charge in [0.2, 0.25) is 5.82 Å². The van der Waals surface area contributed by atoms with E-state index in [1.54, 1.807) is 6.07 Å². The van der Waals surface area contributed by atoms with Crippen molar-refractivity contribution in [3.05, 3.63) is 17.5 Å². The first-order valence-electron chi connectivity index (χ1n) is 3.76. The van der Waals surface area contributed by atoms with E-state index in [1.807, 2.05) is 24.5 Å². The van der Waals surface area contributed by atoms with E-state index in [9.17, 15) is 4.39 Å². The van der Waals surface area contributed by atoms with Crippen molar-refractivity contribution >= 4 is 18.5 Å². The number of hydrogen-bond acceptors (Lipinski definition) is 5. The molecule has 0 spiro atoms. The topological polar surface area (TPSA) is 86.2 Å². The van der Waals surface area contributed by atoms with Crippen LogP contribution < -0.4 is 0 Å². The fraction of sp³-hybridized carbons (Fsp3) is 0.286. The van der Waals surface area contributed by atoms with E-state index >= 15 is 0 Å². The van der Waals surface area contributed by atoms with E-state index < -0.39 is 5.15 Å². The van der Waals surface area contributed by atoms with Gasteiger partial charge in [-0.25, -0.2) is 14.4 Å². The van der Waals surface area contributed by atoms with Gasteiger partial charge in [-0.15, -0.1) is 0 Å². The lowest BCUT2D eigenvalue weighted by atomic mass is 10.4. The van der Waals surface area contributed by atoms with Crippen LogP contribution in [-0.2, 0) is 11.6 Å². The van der Waals surface area contributed by atoms with Crippen LogP contribution in [0.15, 0.2) is 0 Å². The number of nitriles is 2. The number of nitrogens with zero attached hydrogens (tertiary/aromatic N) is 5. The fourth-order valence-corrected chi connectivity index (χ4v) is 1.05. The summed E-state index contributed by atoms with van der Waals surface area (Å²) in [6.45, 7) is 0. The minimum atomic E-state index is -1.92. The van der Waals surface area contributed by atoms with Crippen LogP contribution in [0, 0.1) is 22.7 Å². The number of halogens is 1. The largest absolute Gasteiger partial charge is 0.235 e. The van der Waals surface area contributed by atoms with E-state index in [2.05, 4.69) is 15.0 Å². The third-order valence-electron chi connectivity index (χ3n) is 1.36. The number of alkyl halides is 1. The van der Waals surface area contributed by atoms with Gasteiger partial charge in [0, 0.05) is 0 Å². The van der Waals surface area contributed by atoms with Gasteiger partial charge in [-0.2, -0.15) is 15.5 Å². The maximum atomic E-state index is 13.4. The van der Waals surface area contributed by atoms with Gasteiger partial charge in [-0.1, -0.05) is 18.5 Å². The SMILES string of the molecule is N#CCc1nc(C#N)nc(C(F)(P)P)n1. The monoisotopic (exact) mass is 241 g/mol. The molecule has 0 amide bonds. The van der Waals surface area contributed by atoms with Crippen molar-refractivity contribution in [2.45, 2.75) is 11.6 Å². The molecule has 0 saturated carbocycles. The Labute approximate surface area is 90.2 Å². The molecule has 1 aromatic rings. The van der Waals surface area contributed by atoms with Gasteiger partial charge in [0.1, 0.15) is 11.9 Å². The van der Waals surface area contributed by atoms with Gasteiger partial charge in [-0.3, -0.25) is 0 Å². The minimum Gasteiger partial charge on any atom is -0.226 e. The van der Waals surface area contributed by atoms with E-state index in [4.69, 9.17) is 10.5 Å². The van der Waals surface area contributed by atoms with Crippen molar-refractivity contribution in [2.24, 2.45) is 0 Å². The van der Waals surface area contributed by atoms with Crippen molar-refractivity contribution in [2.75, 3.05) is 0 Å². The summed E-state index contributed by atoms with van der Waals surface area (Å²) in [6, 6.07) is 3.50. The normalized spacial score (nSPS) is 10.5. The predicted octanol–water partition coefficient (Wildman–Crippen LogP) is 0.639. The Morgan fingerprint density at radius 2 is 1.93 bits per heavy atom. The first-order valence-corrected chi connectivity index (χ1v) is 4.92. The molecule has 0 bridgehead atoms. The molecule has 15 heavy (non-hydrogen) atoms. The van der Waals surface area contributed by atoms with Gasteiger partial charge in [0.05, 0.1) is 12.5 Å². The molecule has 0 N–H and O–H groups in total. The molecule has 8 heteroatoms. The van der Waals surface area contributed by atoms with Gasteiger partial charge in [-0.05, 0) is 0 Å². The lowest BCUT2D eigenvalue weighted by Crippen LogP contribution is -2.12. The molecule has 1 aromatic heterocycles. The highest BCUT2D eigenvalue weighted by Gasteiger charge is 2.24. The molecule has 0 fully saturated rings. The zero-order chi connectivity index (χ0) is 11.5. The molecule has 0 aliphatic carbocycles. The van der Waals surface area contributed by atoms with Crippen molar-refractivity contribution in [3.8, 4) is 12.1 Å². The first-order chi connectivity index (χ1) is 6.97. The summed E-state index contributed by atoms with van der Waals surface area (Å²) in [7, 11) is 3.77. The Kier molecular flexibility index (Phi) is 3.58. The second-order valence-electron chi connectivity index (χ2n) is 2.61. The van der Waals surface area contributed by atoms with Gasteiger partial charge < -0.3 is 0 Å². The minimum absolute atomic E-state index is 0.0877. The summed E-state index contributed by atoms with van der Waals surface area (Å²) in [5.41, 5.74) is 0. The van der Waals surface area contributed by atoms with Crippen molar-refractivity contribution < 1.29 is 4.39 Å². The molecular weight excluding hydrogens is 235 g/mol. The second-order valence-corrected chi connectivity index (χ2v) is 4.96.